The zero-order valence-electron chi connectivity index (χ0n) is 10.3. The first-order chi connectivity index (χ1) is 6.10. The number of hydrogen-bond acceptors (Lipinski definition) is 3. The van der Waals surface area contributed by atoms with E-state index in [4.69, 9.17) is 8.85 Å². The van der Waals surface area contributed by atoms with Gasteiger partial charge in [0, 0.05) is 0 Å². The second kappa shape index (κ2) is 5.41. The van der Waals surface area contributed by atoms with E-state index in [1.807, 2.05) is 0 Å². The van der Waals surface area contributed by atoms with Crippen molar-refractivity contribution in [3.63, 3.8) is 0 Å². The third kappa shape index (κ3) is 10.4. The van der Waals surface area contributed by atoms with Crippen LogP contribution in [-0.2, 0) is 8.85 Å². The Balaban J connectivity index is 3.62. The van der Waals surface area contributed by atoms with Gasteiger partial charge in [0.2, 0.25) is 0 Å². The van der Waals surface area contributed by atoms with Crippen molar-refractivity contribution < 1.29 is 14.0 Å². The van der Waals surface area contributed by atoms with E-state index in [1.165, 1.54) is 0 Å². The van der Waals surface area contributed by atoms with Gasteiger partial charge < -0.3 is 14.0 Å². The molecule has 86 valence electrons. The fraction of sp³-hybridized carbons (Fsp3) is 1.00. The summed E-state index contributed by atoms with van der Waals surface area (Å²) in [5.41, 5.74) is 0. The van der Waals surface area contributed by atoms with E-state index in [0.717, 1.165) is 0 Å². The Morgan fingerprint density at radius 2 is 1.14 bits per heavy atom. The predicted octanol–water partition coefficient (Wildman–Crippen LogP) is 2.05. The molecule has 1 N–H and O–H groups in total. The lowest BCUT2D eigenvalue weighted by Crippen LogP contribution is -2.35. The Hall–Kier alpha value is 0.314. The molecule has 0 radical (unpaired) electrons. The monoisotopic (exact) mass is 236 g/mol. The highest BCUT2D eigenvalue weighted by molar-refractivity contribution is 6.70. The molecule has 14 heavy (non-hydrogen) atoms. The molecule has 0 bridgehead atoms. The fourth-order valence-corrected chi connectivity index (χ4v) is 2.13. The van der Waals surface area contributed by atoms with Crippen LogP contribution in [0.1, 0.15) is 0 Å². The molecule has 0 aliphatic rings. The van der Waals surface area contributed by atoms with Gasteiger partial charge in [-0.3, -0.25) is 0 Å². The lowest BCUT2D eigenvalue weighted by atomic mass is 10.4. The zero-order valence-corrected chi connectivity index (χ0v) is 12.3. The molecule has 3 nitrogen and oxygen atoms in total. The summed E-state index contributed by atoms with van der Waals surface area (Å²) >= 11 is 0. The smallest absolute Gasteiger partial charge is 0.183 e. The summed E-state index contributed by atoms with van der Waals surface area (Å²) in [6.07, 6.45) is -0.478. The van der Waals surface area contributed by atoms with Crippen molar-refractivity contribution in [1.29, 1.82) is 0 Å². The summed E-state index contributed by atoms with van der Waals surface area (Å²) in [6, 6.07) is 0. The number of hydrogen-bond donors (Lipinski definition) is 1. The van der Waals surface area contributed by atoms with Gasteiger partial charge >= 0.3 is 0 Å². The second-order valence-corrected chi connectivity index (χ2v) is 14.5. The Morgan fingerprint density at radius 3 is 1.36 bits per heavy atom. The summed E-state index contributed by atoms with van der Waals surface area (Å²) in [4.78, 5) is 0. The van der Waals surface area contributed by atoms with E-state index in [2.05, 4.69) is 39.3 Å². The number of aliphatic hydroxyl groups excluding tert-OH is 1. The van der Waals surface area contributed by atoms with E-state index < -0.39 is 22.7 Å². The average Bonchev–Trinajstić information content (AvgIpc) is 1.94. The fourth-order valence-electron chi connectivity index (χ4n) is 0.740. The van der Waals surface area contributed by atoms with Gasteiger partial charge in [-0.05, 0) is 39.3 Å². The van der Waals surface area contributed by atoms with Crippen LogP contribution in [-0.4, -0.2) is 41.1 Å². The van der Waals surface area contributed by atoms with E-state index in [-0.39, 0.29) is 0 Å². The standard InChI is InChI=1S/C9H24O3Si2/c1-13(2,3)11-7-9(10)8-12-14(4,5)6/h9-10H,7-8H2,1-6H3. The van der Waals surface area contributed by atoms with Crippen LogP contribution in [0, 0.1) is 0 Å². The van der Waals surface area contributed by atoms with Crippen molar-refractivity contribution in [3.05, 3.63) is 0 Å². The minimum atomic E-state index is -1.50. The first-order valence-electron chi connectivity index (χ1n) is 5.06. The van der Waals surface area contributed by atoms with Crippen molar-refractivity contribution >= 4 is 16.6 Å². The van der Waals surface area contributed by atoms with Crippen LogP contribution in [0.25, 0.3) is 0 Å². The first-order valence-corrected chi connectivity index (χ1v) is 11.9. The van der Waals surface area contributed by atoms with Crippen molar-refractivity contribution in [3.8, 4) is 0 Å². The van der Waals surface area contributed by atoms with Crippen LogP contribution in [0.5, 0.6) is 0 Å². The normalized spacial score (nSPS) is 13.7. The van der Waals surface area contributed by atoms with Gasteiger partial charge in [0.1, 0.15) is 0 Å². The predicted molar refractivity (Wildman–Crippen MR) is 64.6 cm³/mol. The van der Waals surface area contributed by atoms with Crippen LogP contribution in [0.15, 0.2) is 0 Å². The molecule has 0 heterocycles. The highest BCUT2D eigenvalue weighted by Gasteiger charge is 2.19. The first kappa shape index (κ1) is 14.3. The van der Waals surface area contributed by atoms with Crippen molar-refractivity contribution in [1.82, 2.24) is 0 Å². The molecule has 0 unspecified atom stereocenters. The number of rotatable bonds is 6. The van der Waals surface area contributed by atoms with E-state index in [1.54, 1.807) is 0 Å². The van der Waals surface area contributed by atoms with Crippen LogP contribution >= 0.6 is 0 Å². The van der Waals surface area contributed by atoms with E-state index in [9.17, 15) is 5.11 Å². The van der Waals surface area contributed by atoms with Crippen molar-refractivity contribution in [2.45, 2.75) is 45.4 Å². The minimum absolute atomic E-state index is 0.403. The van der Waals surface area contributed by atoms with Gasteiger partial charge in [-0.2, -0.15) is 0 Å². The molecule has 0 aliphatic carbocycles. The summed E-state index contributed by atoms with van der Waals surface area (Å²) < 4.78 is 11.2. The maximum absolute atomic E-state index is 9.57. The molecule has 5 heteroatoms. The molecule has 0 atom stereocenters. The summed E-state index contributed by atoms with van der Waals surface area (Å²) in [6.45, 7) is 13.5. The highest BCUT2D eigenvalue weighted by atomic mass is 28.4. The van der Waals surface area contributed by atoms with Crippen LogP contribution in [0.2, 0.25) is 39.3 Å². The van der Waals surface area contributed by atoms with Gasteiger partial charge in [-0.15, -0.1) is 0 Å². The number of aliphatic hydroxyl groups is 1. The third-order valence-electron chi connectivity index (χ3n) is 1.42. The Kier molecular flexibility index (Phi) is 5.53. The molecular weight excluding hydrogens is 212 g/mol. The van der Waals surface area contributed by atoms with Crippen LogP contribution in [0.4, 0.5) is 0 Å². The van der Waals surface area contributed by atoms with E-state index >= 15 is 0 Å². The van der Waals surface area contributed by atoms with Gasteiger partial charge in [0.25, 0.3) is 0 Å². The molecule has 0 aromatic carbocycles. The van der Waals surface area contributed by atoms with Crippen LogP contribution in [0.3, 0.4) is 0 Å². The Labute approximate surface area is 89.7 Å². The van der Waals surface area contributed by atoms with Crippen LogP contribution < -0.4 is 0 Å². The SMILES string of the molecule is C[Si](C)(C)OCC(O)CO[Si](C)(C)C. The molecule has 0 saturated carbocycles. The van der Waals surface area contributed by atoms with Crippen molar-refractivity contribution in [2.75, 3.05) is 13.2 Å². The third-order valence-corrected chi connectivity index (χ3v) is 3.48. The second-order valence-electron chi connectivity index (χ2n) is 5.50. The molecule has 0 saturated heterocycles. The molecule has 0 aromatic heterocycles. The molecular formula is C9H24O3Si2. The van der Waals surface area contributed by atoms with Gasteiger partial charge in [0.15, 0.2) is 16.6 Å². The minimum Gasteiger partial charge on any atom is -0.415 e. The summed E-state index contributed by atoms with van der Waals surface area (Å²) in [7, 11) is -3.00. The van der Waals surface area contributed by atoms with Crippen molar-refractivity contribution in [2.24, 2.45) is 0 Å². The maximum atomic E-state index is 9.57. The van der Waals surface area contributed by atoms with Gasteiger partial charge in [0.05, 0.1) is 19.3 Å². The zero-order chi connectivity index (χ0) is 11.4. The summed E-state index contributed by atoms with van der Waals surface area (Å²) in [5, 5.41) is 9.57. The average molecular weight is 236 g/mol. The van der Waals surface area contributed by atoms with Gasteiger partial charge in [-0.25, -0.2) is 0 Å². The molecule has 0 aliphatic heterocycles. The molecule has 0 aromatic rings. The lowest BCUT2D eigenvalue weighted by molar-refractivity contribution is 0.0575. The Morgan fingerprint density at radius 1 is 0.857 bits per heavy atom. The molecule has 0 amide bonds. The highest BCUT2D eigenvalue weighted by Crippen LogP contribution is 2.06. The molecule has 0 rings (SSSR count). The molecule has 0 spiro atoms. The Bertz CT molecular complexity index is 142. The lowest BCUT2D eigenvalue weighted by Gasteiger charge is -2.23. The molecule has 0 fully saturated rings. The summed E-state index contributed by atoms with van der Waals surface area (Å²) in [5.74, 6) is 0. The maximum Gasteiger partial charge on any atom is 0.183 e. The largest absolute Gasteiger partial charge is 0.415 e. The van der Waals surface area contributed by atoms with E-state index in [0.29, 0.717) is 13.2 Å². The topological polar surface area (TPSA) is 38.7 Å². The van der Waals surface area contributed by atoms with Gasteiger partial charge in [-0.1, -0.05) is 0 Å². The quantitative estimate of drug-likeness (QED) is 0.717.